The number of nitriles is 1. The summed E-state index contributed by atoms with van der Waals surface area (Å²) in [6.45, 7) is 2.34. The van der Waals surface area contributed by atoms with Gasteiger partial charge in [-0.25, -0.2) is 0 Å². The second-order valence-corrected chi connectivity index (χ2v) is 8.56. The van der Waals surface area contributed by atoms with Crippen LogP contribution in [0, 0.1) is 18.3 Å². The second kappa shape index (κ2) is 10.2. The van der Waals surface area contributed by atoms with E-state index in [4.69, 9.17) is 4.74 Å². The molecule has 0 radical (unpaired) electrons. The van der Waals surface area contributed by atoms with Crippen molar-refractivity contribution in [3.05, 3.63) is 112 Å². The van der Waals surface area contributed by atoms with Gasteiger partial charge in [-0.2, -0.15) is 5.26 Å². The molecule has 0 bridgehead atoms. The van der Waals surface area contributed by atoms with Crippen molar-refractivity contribution in [3.63, 3.8) is 0 Å². The van der Waals surface area contributed by atoms with E-state index in [-0.39, 0.29) is 5.57 Å². The van der Waals surface area contributed by atoms with Crippen molar-refractivity contribution < 1.29 is 9.53 Å². The molecule has 5 heteroatoms. The molecule has 1 N–H and O–H groups in total. The number of ether oxygens (including phenoxy) is 1. The number of hydrogen-bond donors (Lipinski definition) is 1. The van der Waals surface area contributed by atoms with Crippen LogP contribution in [0.1, 0.15) is 16.7 Å². The van der Waals surface area contributed by atoms with Crippen molar-refractivity contribution in [1.29, 1.82) is 5.26 Å². The molecule has 0 spiro atoms. The maximum atomic E-state index is 12.7. The lowest BCUT2D eigenvalue weighted by Crippen LogP contribution is -2.13. The van der Waals surface area contributed by atoms with E-state index in [0.717, 1.165) is 21.0 Å². The number of amides is 1. The molecule has 0 saturated heterocycles. The maximum Gasteiger partial charge on any atom is 0.266 e. The zero-order chi connectivity index (χ0) is 23.2. The first-order chi connectivity index (χ1) is 16.0. The maximum absolute atomic E-state index is 12.7. The molecule has 0 atom stereocenters. The highest BCUT2D eigenvalue weighted by molar-refractivity contribution is 9.10. The Bertz CT molecular complexity index is 1390. The van der Waals surface area contributed by atoms with Gasteiger partial charge in [0.2, 0.25) is 0 Å². The Morgan fingerprint density at radius 2 is 1.76 bits per heavy atom. The summed E-state index contributed by atoms with van der Waals surface area (Å²) >= 11 is 3.46. The van der Waals surface area contributed by atoms with E-state index in [0.29, 0.717) is 23.6 Å². The number of nitrogens with zero attached hydrogens (tertiary/aromatic N) is 1. The molecule has 4 rings (SSSR count). The van der Waals surface area contributed by atoms with Gasteiger partial charge < -0.3 is 10.1 Å². The Morgan fingerprint density at radius 3 is 2.52 bits per heavy atom. The van der Waals surface area contributed by atoms with E-state index in [2.05, 4.69) is 45.5 Å². The molecule has 0 fully saturated rings. The Hall–Kier alpha value is -3.88. The number of anilines is 1. The van der Waals surface area contributed by atoms with Gasteiger partial charge in [-0.1, -0.05) is 70.0 Å². The first kappa shape index (κ1) is 22.3. The molecule has 0 aliphatic rings. The summed E-state index contributed by atoms with van der Waals surface area (Å²) in [5.41, 5.74) is 3.38. The average Bonchev–Trinajstić information content (AvgIpc) is 2.83. The summed E-state index contributed by atoms with van der Waals surface area (Å²) in [4.78, 5) is 12.7. The smallest absolute Gasteiger partial charge is 0.266 e. The number of halogens is 1. The van der Waals surface area contributed by atoms with Gasteiger partial charge in [-0.15, -0.1) is 0 Å². The Balaban J connectivity index is 1.55. The van der Waals surface area contributed by atoms with E-state index < -0.39 is 5.91 Å². The summed E-state index contributed by atoms with van der Waals surface area (Å²) in [5, 5.41) is 14.7. The monoisotopic (exact) mass is 496 g/mol. The van der Waals surface area contributed by atoms with Gasteiger partial charge in [-0.3, -0.25) is 4.79 Å². The number of carbonyl (C=O) groups excluding carboxylic acids is 1. The predicted octanol–water partition coefficient (Wildman–Crippen LogP) is 7.04. The van der Waals surface area contributed by atoms with Gasteiger partial charge in [-0.05, 0) is 65.7 Å². The van der Waals surface area contributed by atoms with Crippen molar-refractivity contribution in [1.82, 2.24) is 0 Å². The molecule has 33 heavy (non-hydrogen) atoms. The van der Waals surface area contributed by atoms with Gasteiger partial charge in [0.15, 0.2) is 0 Å². The highest BCUT2D eigenvalue weighted by Gasteiger charge is 2.12. The molecule has 0 saturated carbocycles. The van der Waals surface area contributed by atoms with Crippen LogP contribution in [-0.2, 0) is 11.4 Å². The largest absolute Gasteiger partial charge is 0.488 e. The minimum absolute atomic E-state index is 0.00997. The van der Waals surface area contributed by atoms with E-state index in [1.54, 1.807) is 18.2 Å². The number of nitrogens with one attached hydrogen (secondary N) is 1. The van der Waals surface area contributed by atoms with Crippen molar-refractivity contribution in [3.8, 4) is 11.8 Å². The number of benzene rings is 4. The minimum atomic E-state index is -0.471. The van der Waals surface area contributed by atoms with E-state index in [1.165, 1.54) is 5.39 Å². The van der Waals surface area contributed by atoms with Crippen LogP contribution < -0.4 is 10.1 Å². The second-order valence-electron chi connectivity index (χ2n) is 7.64. The van der Waals surface area contributed by atoms with Crippen LogP contribution >= 0.6 is 15.9 Å². The van der Waals surface area contributed by atoms with Crippen molar-refractivity contribution in [2.45, 2.75) is 13.5 Å². The molecule has 0 aliphatic heterocycles. The van der Waals surface area contributed by atoms with Crippen LogP contribution in [0.5, 0.6) is 5.75 Å². The average molecular weight is 497 g/mol. The van der Waals surface area contributed by atoms with Crippen LogP contribution in [0.4, 0.5) is 5.69 Å². The highest BCUT2D eigenvalue weighted by Crippen LogP contribution is 2.27. The normalized spacial score (nSPS) is 11.1. The summed E-state index contributed by atoms with van der Waals surface area (Å²) in [7, 11) is 0. The SMILES string of the molecule is Cc1ccc(NC(=O)/C(C#N)=C/c2cc(Br)ccc2OCc2ccc3ccccc3c2)cc1. The Morgan fingerprint density at radius 1 is 1.00 bits per heavy atom. The Kier molecular flexibility index (Phi) is 6.87. The fourth-order valence-electron chi connectivity index (χ4n) is 3.39. The summed E-state index contributed by atoms with van der Waals surface area (Å²) < 4.78 is 6.90. The summed E-state index contributed by atoms with van der Waals surface area (Å²) in [6, 6.07) is 29.3. The fourth-order valence-corrected chi connectivity index (χ4v) is 3.77. The van der Waals surface area contributed by atoms with Crippen molar-refractivity contribution in [2.24, 2.45) is 0 Å². The van der Waals surface area contributed by atoms with Gasteiger partial charge in [0.05, 0.1) is 0 Å². The van der Waals surface area contributed by atoms with Gasteiger partial charge >= 0.3 is 0 Å². The minimum Gasteiger partial charge on any atom is -0.488 e. The van der Waals surface area contributed by atoms with Crippen LogP contribution in [0.25, 0.3) is 16.8 Å². The number of fused-ring (bicyclic) bond motifs is 1. The van der Waals surface area contributed by atoms with E-state index in [9.17, 15) is 10.1 Å². The van der Waals surface area contributed by atoms with Gasteiger partial charge in [0.25, 0.3) is 5.91 Å². The zero-order valence-corrected chi connectivity index (χ0v) is 19.6. The lowest BCUT2D eigenvalue weighted by Gasteiger charge is -2.11. The molecule has 0 heterocycles. The van der Waals surface area contributed by atoms with E-state index in [1.807, 2.05) is 61.5 Å². The lowest BCUT2D eigenvalue weighted by atomic mass is 10.1. The van der Waals surface area contributed by atoms with Crippen molar-refractivity contribution >= 4 is 44.4 Å². The summed E-state index contributed by atoms with van der Waals surface area (Å²) in [5.74, 6) is 0.115. The fraction of sp³-hybridized carbons (Fsp3) is 0.0714. The lowest BCUT2D eigenvalue weighted by molar-refractivity contribution is -0.112. The highest BCUT2D eigenvalue weighted by atomic mass is 79.9. The molecule has 162 valence electrons. The van der Waals surface area contributed by atoms with Crippen LogP contribution in [0.3, 0.4) is 0 Å². The number of hydrogen-bond acceptors (Lipinski definition) is 3. The number of aryl methyl sites for hydroxylation is 1. The molecule has 4 nitrogen and oxygen atoms in total. The quantitative estimate of drug-likeness (QED) is 0.230. The third-order valence-electron chi connectivity index (χ3n) is 5.15. The first-order valence-electron chi connectivity index (χ1n) is 10.4. The van der Waals surface area contributed by atoms with Gasteiger partial charge in [0, 0.05) is 15.7 Å². The number of rotatable bonds is 6. The molecular formula is C28H21BrN2O2. The van der Waals surface area contributed by atoms with Crippen LogP contribution in [0.2, 0.25) is 0 Å². The molecule has 4 aromatic rings. The van der Waals surface area contributed by atoms with Gasteiger partial charge in [0.1, 0.15) is 24.0 Å². The molecule has 4 aromatic carbocycles. The topological polar surface area (TPSA) is 62.1 Å². The molecule has 0 aliphatic carbocycles. The standard InChI is InChI=1S/C28H21BrN2O2/c1-19-6-11-26(12-7-19)31-28(32)24(17-30)15-23-16-25(29)10-13-27(23)33-18-20-8-9-21-4-2-3-5-22(21)14-20/h2-16H,18H2,1H3,(H,31,32)/b24-15+. The Labute approximate surface area is 201 Å². The molecule has 0 aromatic heterocycles. The molecular weight excluding hydrogens is 476 g/mol. The third-order valence-corrected chi connectivity index (χ3v) is 5.65. The predicted molar refractivity (Wildman–Crippen MR) is 136 cm³/mol. The zero-order valence-electron chi connectivity index (χ0n) is 18.0. The van der Waals surface area contributed by atoms with Crippen LogP contribution in [-0.4, -0.2) is 5.91 Å². The molecule has 1 amide bonds. The first-order valence-corrected chi connectivity index (χ1v) is 11.2. The van der Waals surface area contributed by atoms with E-state index >= 15 is 0 Å². The third kappa shape index (κ3) is 5.68. The number of carbonyl (C=O) groups is 1. The summed E-state index contributed by atoms with van der Waals surface area (Å²) in [6.07, 6.45) is 1.55. The van der Waals surface area contributed by atoms with Crippen LogP contribution in [0.15, 0.2) is 95.0 Å². The van der Waals surface area contributed by atoms with Crippen molar-refractivity contribution in [2.75, 3.05) is 5.32 Å². The molecule has 0 unspecified atom stereocenters.